The Bertz CT molecular complexity index is 775. The number of H-pyrrole nitrogens is 3. The van der Waals surface area contributed by atoms with Gasteiger partial charge in [-0.05, 0) is 31.7 Å². The molecule has 8 heteroatoms. The Hall–Kier alpha value is -2.64. The van der Waals surface area contributed by atoms with Crippen molar-refractivity contribution in [1.82, 2.24) is 25.1 Å². The van der Waals surface area contributed by atoms with Gasteiger partial charge in [0.05, 0.1) is 17.9 Å². The van der Waals surface area contributed by atoms with Crippen molar-refractivity contribution in [3.63, 3.8) is 0 Å². The highest BCUT2D eigenvalue weighted by atomic mass is 16.2. The fourth-order valence-electron chi connectivity index (χ4n) is 2.91. The number of aryl methyl sites for hydroxylation is 1. The number of rotatable bonds is 2. The summed E-state index contributed by atoms with van der Waals surface area (Å²) < 4.78 is 0. The molecular formula is C14H17N5O3. The van der Waals surface area contributed by atoms with E-state index in [2.05, 4.69) is 20.2 Å². The molecule has 3 heterocycles. The number of aromatic amines is 3. The van der Waals surface area contributed by atoms with Gasteiger partial charge in [-0.15, -0.1) is 0 Å². The number of nitrogens with one attached hydrogen (secondary N) is 3. The zero-order chi connectivity index (χ0) is 15.7. The zero-order valence-corrected chi connectivity index (χ0v) is 12.2. The van der Waals surface area contributed by atoms with E-state index in [0.29, 0.717) is 6.54 Å². The van der Waals surface area contributed by atoms with E-state index in [1.807, 2.05) is 6.92 Å². The van der Waals surface area contributed by atoms with Crippen molar-refractivity contribution in [3.8, 4) is 0 Å². The Balaban J connectivity index is 1.97. The van der Waals surface area contributed by atoms with Crippen LogP contribution in [0.1, 0.15) is 47.1 Å². The quantitative estimate of drug-likeness (QED) is 0.747. The maximum absolute atomic E-state index is 12.7. The third kappa shape index (κ3) is 2.59. The molecule has 1 fully saturated rings. The molecule has 0 bridgehead atoms. The molecule has 116 valence electrons. The second kappa shape index (κ2) is 5.63. The van der Waals surface area contributed by atoms with Gasteiger partial charge in [0.2, 0.25) is 0 Å². The van der Waals surface area contributed by atoms with Gasteiger partial charge >= 0.3 is 5.69 Å². The molecular weight excluding hydrogens is 286 g/mol. The number of hydrogen-bond acceptors (Lipinski definition) is 4. The van der Waals surface area contributed by atoms with Gasteiger partial charge in [-0.3, -0.25) is 19.7 Å². The molecule has 1 unspecified atom stereocenters. The van der Waals surface area contributed by atoms with Crippen LogP contribution in [0.25, 0.3) is 0 Å². The Morgan fingerprint density at radius 1 is 1.32 bits per heavy atom. The summed E-state index contributed by atoms with van der Waals surface area (Å²) in [4.78, 5) is 41.6. The summed E-state index contributed by atoms with van der Waals surface area (Å²) in [7, 11) is 0. The average Bonchev–Trinajstić information content (AvgIpc) is 2.91. The van der Waals surface area contributed by atoms with Gasteiger partial charge in [0.25, 0.3) is 11.5 Å². The number of carbonyl (C=O) groups excluding carboxylic acids is 1. The van der Waals surface area contributed by atoms with E-state index in [1.54, 1.807) is 11.1 Å². The summed E-state index contributed by atoms with van der Waals surface area (Å²) in [5.74, 6) is -0.345. The first-order valence-corrected chi connectivity index (χ1v) is 7.21. The summed E-state index contributed by atoms with van der Waals surface area (Å²) in [6, 6.07) is 1.00. The molecule has 8 nitrogen and oxygen atoms in total. The summed E-state index contributed by atoms with van der Waals surface area (Å²) in [6.45, 7) is 2.52. The molecule has 1 aliphatic heterocycles. The van der Waals surface area contributed by atoms with E-state index in [-0.39, 0.29) is 17.6 Å². The number of piperidine rings is 1. The molecule has 0 spiro atoms. The third-order valence-electron chi connectivity index (χ3n) is 3.96. The number of likely N-dealkylation sites (tertiary alicyclic amines) is 1. The molecule has 1 amide bonds. The Kier molecular flexibility index (Phi) is 3.66. The van der Waals surface area contributed by atoms with Gasteiger partial charge in [-0.25, -0.2) is 4.79 Å². The molecule has 1 aliphatic rings. The monoisotopic (exact) mass is 303 g/mol. The highest BCUT2D eigenvalue weighted by Gasteiger charge is 2.31. The van der Waals surface area contributed by atoms with Gasteiger partial charge in [0.1, 0.15) is 5.69 Å². The average molecular weight is 303 g/mol. The standard InChI is InChI=1S/C14H17N5O3/c1-8-7-15-18-12(8)10-4-2-3-5-19(10)13(21)9-6-11(20)17-14(22)16-9/h6-7,10H,2-5H2,1H3,(H,15,18)(H2,16,17,20,22). The van der Waals surface area contributed by atoms with E-state index in [0.717, 1.165) is 36.6 Å². The van der Waals surface area contributed by atoms with Crippen LogP contribution in [0.3, 0.4) is 0 Å². The summed E-state index contributed by atoms with van der Waals surface area (Å²) in [5.41, 5.74) is 0.641. The number of amides is 1. The van der Waals surface area contributed by atoms with Crippen LogP contribution in [0.15, 0.2) is 21.9 Å². The molecule has 22 heavy (non-hydrogen) atoms. The highest BCUT2D eigenvalue weighted by molar-refractivity contribution is 5.92. The van der Waals surface area contributed by atoms with Crippen molar-refractivity contribution in [3.05, 3.63) is 50.1 Å². The molecule has 2 aromatic rings. The summed E-state index contributed by atoms with van der Waals surface area (Å²) >= 11 is 0. The van der Waals surface area contributed by atoms with Crippen molar-refractivity contribution < 1.29 is 4.79 Å². The normalized spacial score (nSPS) is 18.4. The predicted molar refractivity (Wildman–Crippen MR) is 78.6 cm³/mol. The third-order valence-corrected chi connectivity index (χ3v) is 3.96. The predicted octanol–water partition coefficient (Wildman–Crippen LogP) is 0.462. The molecule has 1 saturated heterocycles. The van der Waals surface area contributed by atoms with Crippen LogP contribution in [-0.4, -0.2) is 37.5 Å². The van der Waals surface area contributed by atoms with Crippen LogP contribution >= 0.6 is 0 Å². The molecule has 3 N–H and O–H groups in total. The fourth-order valence-corrected chi connectivity index (χ4v) is 2.91. The van der Waals surface area contributed by atoms with E-state index >= 15 is 0 Å². The van der Waals surface area contributed by atoms with Crippen molar-refractivity contribution in [2.24, 2.45) is 0 Å². The van der Waals surface area contributed by atoms with Gasteiger partial charge in [-0.1, -0.05) is 0 Å². The Morgan fingerprint density at radius 3 is 2.82 bits per heavy atom. The lowest BCUT2D eigenvalue weighted by Crippen LogP contribution is -2.40. The number of carbonyl (C=O) groups is 1. The minimum Gasteiger partial charge on any atom is -0.329 e. The lowest BCUT2D eigenvalue weighted by atomic mass is 9.97. The van der Waals surface area contributed by atoms with E-state index < -0.39 is 11.2 Å². The van der Waals surface area contributed by atoms with Crippen LogP contribution in [0.2, 0.25) is 0 Å². The molecule has 1 atom stereocenters. The minimum atomic E-state index is -0.679. The summed E-state index contributed by atoms with van der Waals surface area (Å²) in [6.07, 6.45) is 4.45. The first kappa shape index (κ1) is 14.3. The summed E-state index contributed by atoms with van der Waals surface area (Å²) in [5, 5.41) is 6.97. The highest BCUT2D eigenvalue weighted by Crippen LogP contribution is 2.32. The first-order valence-electron chi connectivity index (χ1n) is 7.21. The maximum atomic E-state index is 12.7. The second-order valence-corrected chi connectivity index (χ2v) is 5.48. The number of aromatic nitrogens is 4. The van der Waals surface area contributed by atoms with Crippen molar-refractivity contribution >= 4 is 5.91 Å². The van der Waals surface area contributed by atoms with Gasteiger partial charge < -0.3 is 9.88 Å². The van der Waals surface area contributed by atoms with Gasteiger partial charge in [0, 0.05) is 12.6 Å². The maximum Gasteiger partial charge on any atom is 0.326 e. The number of nitrogens with zero attached hydrogens (tertiary/aromatic N) is 2. The van der Waals surface area contributed by atoms with Crippen LogP contribution in [0.5, 0.6) is 0 Å². The fraction of sp³-hybridized carbons (Fsp3) is 0.429. The molecule has 3 rings (SSSR count). The molecule has 0 saturated carbocycles. The van der Waals surface area contributed by atoms with Gasteiger partial charge in [-0.2, -0.15) is 5.10 Å². The first-order chi connectivity index (χ1) is 10.6. The lowest BCUT2D eigenvalue weighted by Gasteiger charge is -2.35. The van der Waals surface area contributed by atoms with E-state index in [4.69, 9.17) is 0 Å². The van der Waals surface area contributed by atoms with Crippen LogP contribution < -0.4 is 11.2 Å². The largest absolute Gasteiger partial charge is 0.329 e. The Morgan fingerprint density at radius 2 is 2.14 bits per heavy atom. The minimum absolute atomic E-state index is 0.0119. The Labute approximate surface area is 125 Å². The van der Waals surface area contributed by atoms with Crippen molar-refractivity contribution in [2.75, 3.05) is 6.54 Å². The van der Waals surface area contributed by atoms with E-state index in [1.165, 1.54) is 0 Å². The van der Waals surface area contributed by atoms with Crippen molar-refractivity contribution in [2.45, 2.75) is 32.2 Å². The topological polar surface area (TPSA) is 115 Å². The molecule has 0 aromatic carbocycles. The molecule has 2 aromatic heterocycles. The zero-order valence-electron chi connectivity index (χ0n) is 12.2. The van der Waals surface area contributed by atoms with Gasteiger partial charge in [0.15, 0.2) is 0 Å². The SMILES string of the molecule is Cc1cn[nH]c1C1CCCCN1C(=O)c1cc(=O)[nH]c(=O)[nH]1. The smallest absolute Gasteiger partial charge is 0.326 e. The second-order valence-electron chi connectivity index (χ2n) is 5.48. The molecule has 0 aliphatic carbocycles. The van der Waals surface area contributed by atoms with Crippen molar-refractivity contribution in [1.29, 1.82) is 0 Å². The van der Waals surface area contributed by atoms with Crippen LogP contribution in [-0.2, 0) is 0 Å². The van der Waals surface area contributed by atoms with Crippen LogP contribution in [0.4, 0.5) is 0 Å². The van der Waals surface area contributed by atoms with E-state index in [9.17, 15) is 14.4 Å². The lowest BCUT2D eigenvalue weighted by molar-refractivity contribution is 0.0598. The van der Waals surface area contributed by atoms with Crippen LogP contribution in [0, 0.1) is 6.92 Å². The molecule has 0 radical (unpaired) electrons. The number of hydrogen-bond donors (Lipinski definition) is 3.